The van der Waals surface area contributed by atoms with Crippen LogP contribution in [0.5, 0.6) is 0 Å². The first-order chi connectivity index (χ1) is 14.3. The molecule has 1 aromatic carbocycles. The second kappa shape index (κ2) is 7.74. The molecule has 158 valence electrons. The summed E-state index contributed by atoms with van der Waals surface area (Å²) in [7, 11) is 0. The van der Waals surface area contributed by atoms with Crippen LogP contribution in [0.3, 0.4) is 0 Å². The number of benzene rings is 1. The molecule has 10 heteroatoms. The topological polar surface area (TPSA) is 91.2 Å². The highest BCUT2D eigenvalue weighted by Crippen LogP contribution is 2.34. The van der Waals surface area contributed by atoms with E-state index in [0.717, 1.165) is 6.07 Å². The number of nitriles is 1. The highest BCUT2D eigenvalue weighted by atomic mass is 19.4. The number of nitrogens with zero attached hydrogens (tertiary/aromatic N) is 3. The van der Waals surface area contributed by atoms with Gasteiger partial charge in [-0.15, -0.1) is 0 Å². The molecule has 2 fully saturated rings. The summed E-state index contributed by atoms with van der Waals surface area (Å²) in [5.74, 6) is -0.396. The Morgan fingerprint density at radius 2 is 1.87 bits per heavy atom. The number of hydrogen-bond donors (Lipinski definition) is 1. The van der Waals surface area contributed by atoms with Gasteiger partial charge < -0.3 is 19.4 Å². The van der Waals surface area contributed by atoms with Crippen molar-refractivity contribution in [3.8, 4) is 6.07 Å². The fraction of sp³-hybridized carbons (Fsp3) is 0.450. The molecule has 2 aliphatic rings. The minimum absolute atomic E-state index is 0.00541. The van der Waals surface area contributed by atoms with E-state index in [-0.39, 0.29) is 29.2 Å². The summed E-state index contributed by atoms with van der Waals surface area (Å²) in [5, 5.41) is 9.43. The van der Waals surface area contributed by atoms with Gasteiger partial charge in [-0.3, -0.25) is 4.79 Å². The van der Waals surface area contributed by atoms with E-state index < -0.39 is 23.1 Å². The molecule has 1 aromatic heterocycles. The monoisotopic (exact) mass is 420 g/mol. The van der Waals surface area contributed by atoms with Crippen molar-refractivity contribution in [1.82, 2.24) is 9.97 Å². The zero-order valence-corrected chi connectivity index (χ0v) is 16.0. The van der Waals surface area contributed by atoms with E-state index in [2.05, 4.69) is 9.97 Å². The maximum absolute atomic E-state index is 13.3. The Balaban J connectivity index is 1.64. The SMILES string of the molecule is N#Cc1c(N2CCC3(CC2)OCCO3)nc(Cc2ccccc2C(F)(F)F)[nH]c1=O. The van der Waals surface area contributed by atoms with Crippen molar-refractivity contribution in [2.24, 2.45) is 0 Å². The van der Waals surface area contributed by atoms with Crippen LogP contribution in [-0.2, 0) is 22.1 Å². The summed E-state index contributed by atoms with van der Waals surface area (Å²) in [6, 6.07) is 7.00. The standard InChI is InChI=1S/C20H19F3N4O3/c21-20(22,23)15-4-2-1-3-13(15)11-16-25-17(14(12-24)18(28)26-16)27-7-5-19(6-8-27)29-9-10-30-19/h1-4H,5-11H2,(H,25,26,28). The summed E-state index contributed by atoms with van der Waals surface area (Å²) in [6.45, 7) is 1.94. The van der Waals surface area contributed by atoms with Crippen molar-refractivity contribution in [3.63, 3.8) is 0 Å². The van der Waals surface area contributed by atoms with Crippen LogP contribution < -0.4 is 10.5 Å². The molecule has 0 amide bonds. The lowest BCUT2D eigenvalue weighted by atomic mass is 10.0. The number of nitrogens with one attached hydrogen (secondary N) is 1. The van der Waals surface area contributed by atoms with Gasteiger partial charge in [0.1, 0.15) is 11.9 Å². The molecule has 2 aliphatic heterocycles. The Bertz CT molecular complexity index is 1030. The number of aromatic amines is 1. The molecule has 2 aromatic rings. The first kappa shape index (κ1) is 20.4. The maximum atomic E-state index is 13.3. The lowest BCUT2D eigenvalue weighted by Crippen LogP contribution is -2.46. The van der Waals surface area contributed by atoms with Gasteiger partial charge in [0.15, 0.2) is 17.2 Å². The first-order valence-corrected chi connectivity index (χ1v) is 9.53. The minimum atomic E-state index is -4.52. The van der Waals surface area contributed by atoms with E-state index in [1.54, 1.807) is 4.90 Å². The van der Waals surface area contributed by atoms with Crippen LogP contribution in [0.15, 0.2) is 29.1 Å². The Morgan fingerprint density at radius 1 is 1.20 bits per heavy atom. The van der Waals surface area contributed by atoms with Gasteiger partial charge in [0.05, 0.1) is 18.8 Å². The summed E-state index contributed by atoms with van der Waals surface area (Å²) in [4.78, 5) is 21.0. The Labute approximate surface area is 170 Å². The van der Waals surface area contributed by atoms with E-state index >= 15 is 0 Å². The summed E-state index contributed by atoms with van der Waals surface area (Å²) >= 11 is 0. The summed E-state index contributed by atoms with van der Waals surface area (Å²) < 4.78 is 51.3. The van der Waals surface area contributed by atoms with Gasteiger partial charge in [0.25, 0.3) is 5.56 Å². The molecule has 4 rings (SSSR count). The van der Waals surface area contributed by atoms with Crippen molar-refractivity contribution < 1.29 is 22.6 Å². The number of ether oxygens (including phenoxy) is 2. The average Bonchev–Trinajstić information content (AvgIpc) is 3.16. The number of aromatic nitrogens is 2. The highest BCUT2D eigenvalue weighted by Gasteiger charge is 2.40. The Morgan fingerprint density at radius 3 is 2.50 bits per heavy atom. The molecule has 0 unspecified atom stereocenters. The molecule has 0 radical (unpaired) electrons. The second-order valence-electron chi connectivity index (χ2n) is 7.25. The smallest absolute Gasteiger partial charge is 0.355 e. The third-order valence-electron chi connectivity index (χ3n) is 5.38. The molecular formula is C20H19F3N4O3. The van der Waals surface area contributed by atoms with Crippen molar-refractivity contribution in [3.05, 3.63) is 57.1 Å². The van der Waals surface area contributed by atoms with Crippen LogP contribution in [0.2, 0.25) is 0 Å². The van der Waals surface area contributed by atoms with Crippen LogP contribution >= 0.6 is 0 Å². The van der Waals surface area contributed by atoms with Crippen LogP contribution in [0, 0.1) is 11.3 Å². The Hall–Kier alpha value is -2.90. The zero-order chi connectivity index (χ0) is 21.4. The van der Waals surface area contributed by atoms with Gasteiger partial charge in [0, 0.05) is 32.4 Å². The minimum Gasteiger partial charge on any atom is -0.355 e. The van der Waals surface area contributed by atoms with E-state index in [1.165, 1.54) is 18.2 Å². The molecule has 1 spiro atoms. The molecule has 0 atom stereocenters. The fourth-order valence-electron chi connectivity index (χ4n) is 3.90. The molecule has 0 saturated carbocycles. The zero-order valence-electron chi connectivity index (χ0n) is 16.0. The fourth-order valence-corrected chi connectivity index (χ4v) is 3.90. The Kier molecular flexibility index (Phi) is 5.26. The third kappa shape index (κ3) is 3.91. The predicted octanol–water partition coefficient (Wildman–Crippen LogP) is 2.59. The molecular weight excluding hydrogens is 401 g/mol. The van der Waals surface area contributed by atoms with Gasteiger partial charge in [-0.1, -0.05) is 18.2 Å². The van der Waals surface area contributed by atoms with Gasteiger partial charge >= 0.3 is 6.18 Å². The average molecular weight is 420 g/mol. The number of piperidine rings is 1. The first-order valence-electron chi connectivity index (χ1n) is 9.53. The van der Waals surface area contributed by atoms with E-state index in [4.69, 9.17) is 9.47 Å². The third-order valence-corrected chi connectivity index (χ3v) is 5.38. The molecule has 2 saturated heterocycles. The van der Waals surface area contributed by atoms with Gasteiger partial charge in [-0.2, -0.15) is 18.4 Å². The van der Waals surface area contributed by atoms with Crippen LogP contribution in [-0.4, -0.2) is 42.1 Å². The van der Waals surface area contributed by atoms with Crippen LogP contribution in [0.25, 0.3) is 0 Å². The number of alkyl halides is 3. The molecule has 3 heterocycles. The predicted molar refractivity (Wildman–Crippen MR) is 99.9 cm³/mol. The van der Waals surface area contributed by atoms with E-state index in [0.29, 0.717) is 39.1 Å². The van der Waals surface area contributed by atoms with Crippen molar-refractivity contribution >= 4 is 5.82 Å². The summed E-state index contributed by atoms with van der Waals surface area (Å²) in [6.07, 6.45) is -3.65. The lowest BCUT2D eigenvalue weighted by molar-refractivity contribution is -0.169. The number of halogens is 3. The second-order valence-corrected chi connectivity index (χ2v) is 7.25. The molecule has 0 aliphatic carbocycles. The number of anilines is 1. The van der Waals surface area contributed by atoms with Crippen molar-refractivity contribution in [2.75, 3.05) is 31.2 Å². The van der Waals surface area contributed by atoms with Crippen molar-refractivity contribution in [1.29, 1.82) is 5.26 Å². The molecule has 30 heavy (non-hydrogen) atoms. The molecule has 0 bridgehead atoms. The molecule has 1 N–H and O–H groups in total. The van der Waals surface area contributed by atoms with Crippen LogP contribution in [0.4, 0.5) is 19.0 Å². The normalized spacial score (nSPS) is 18.5. The van der Waals surface area contributed by atoms with Gasteiger partial charge in [-0.05, 0) is 11.6 Å². The van der Waals surface area contributed by atoms with E-state index in [9.17, 15) is 23.2 Å². The largest absolute Gasteiger partial charge is 0.416 e. The lowest BCUT2D eigenvalue weighted by Gasteiger charge is -2.38. The molecule has 7 nitrogen and oxygen atoms in total. The number of rotatable bonds is 3. The van der Waals surface area contributed by atoms with Crippen molar-refractivity contribution in [2.45, 2.75) is 31.2 Å². The quantitative estimate of drug-likeness (QED) is 0.821. The van der Waals surface area contributed by atoms with Gasteiger partial charge in [-0.25, -0.2) is 4.98 Å². The highest BCUT2D eigenvalue weighted by molar-refractivity contribution is 5.53. The van der Waals surface area contributed by atoms with E-state index in [1.807, 2.05) is 6.07 Å². The van der Waals surface area contributed by atoms with Gasteiger partial charge in [0.2, 0.25) is 0 Å². The number of H-pyrrole nitrogens is 1. The summed E-state index contributed by atoms with van der Waals surface area (Å²) in [5.41, 5.74) is -1.62. The maximum Gasteiger partial charge on any atom is 0.416 e. The van der Waals surface area contributed by atoms with Crippen LogP contribution in [0.1, 0.15) is 35.4 Å². The number of hydrogen-bond acceptors (Lipinski definition) is 6.